The standard InChI is InChI=1S/C14H12F2N2O/c15-10-6-11(16)8-13(7-10)18-14(19)5-9-2-1-3-12(17)4-9/h1-4,6-8H,5,17H2,(H,18,19). The fourth-order valence-electron chi connectivity index (χ4n) is 1.72. The Balaban J connectivity index is 2.05. The number of rotatable bonds is 3. The molecule has 0 aliphatic carbocycles. The third-order valence-electron chi connectivity index (χ3n) is 2.46. The van der Waals surface area contributed by atoms with E-state index < -0.39 is 11.6 Å². The van der Waals surface area contributed by atoms with Crippen LogP contribution in [0.4, 0.5) is 20.2 Å². The summed E-state index contributed by atoms with van der Waals surface area (Å²) in [6.45, 7) is 0. The lowest BCUT2D eigenvalue weighted by Gasteiger charge is -2.06. The summed E-state index contributed by atoms with van der Waals surface area (Å²) in [5, 5.41) is 2.43. The molecule has 3 nitrogen and oxygen atoms in total. The molecule has 0 fully saturated rings. The summed E-state index contributed by atoms with van der Waals surface area (Å²) in [5.41, 5.74) is 6.97. The summed E-state index contributed by atoms with van der Waals surface area (Å²) in [4.78, 5) is 11.7. The number of amides is 1. The van der Waals surface area contributed by atoms with Gasteiger partial charge in [-0.3, -0.25) is 4.79 Å². The number of hydrogen-bond donors (Lipinski definition) is 2. The van der Waals surface area contributed by atoms with E-state index in [1.165, 1.54) is 0 Å². The first-order valence-corrected chi connectivity index (χ1v) is 5.63. The average Bonchev–Trinajstić information content (AvgIpc) is 2.26. The number of nitrogens with one attached hydrogen (secondary N) is 1. The van der Waals surface area contributed by atoms with Gasteiger partial charge in [0, 0.05) is 17.4 Å². The average molecular weight is 262 g/mol. The third kappa shape index (κ3) is 3.77. The van der Waals surface area contributed by atoms with Crippen molar-refractivity contribution in [2.75, 3.05) is 11.1 Å². The zero-order valence-corrected chi connectivity index (χ0v) is 9.99. The predicted octanol–water partition coefficient (Wildman–Crippen LogP) is 2.73. The number of carbonyl (C=O) groups excluding carboxylic acids is 1. The Morgan fingerprint density at radius 1 is 1.11 bits per heavy atom. The third-order valence-corrected chi connectivity index (χ3v) is 2.46. The monoisotopic (exact) mass is 262 g/mol. The van der Waals surface area contributed by atoms with Crippen LogP contribution in [0.5, 0.6) is 0 Å². The quantitative estimate of drug-likeness (QED) is 0.836. The lowest BCUT2D eigenvalue weighted by Crippen LogP contribution is -2.14. The number of nitrogen functional groups attached to an aromatic ring is 1. The van der Waals surface area contributed by atoms with Crippen LogP contribution in [-0.4, -0.2) is 5.91 Å². The number of halogens is 2. The summed E-state index contributed by atoms with van der Waals surface area (Å²) in [6.07, 6.45) is 0.0865. The van der Waals surface area contributed by atoms with Crippen molar-refractivity contribution in [3.05, 3.63) is 59.7 Å². The van der Waals surface area contributed by atoms with Crippen molar-refractivity contribution < 1.29 is 13.6 Å². The highest BCUT2D eigenvalue weighted by molar-refractivity contribution is 5.92. The smallest absolute Gasteiger partial charge is 0.228 e. The molecule has 0 radical (unpaired) electrons. The molecule has 19 heavy (non-hydrogen) atoms. The predicted molar refractivity (Wildman–Crippen MR) is 69.5 cm³/mol. The molecule has 2 aromatic rings. The molecule has 98 valence electrons. The van der Waals surface area contributed by atoms with Gasteiger partial charge in [0.15, 0.2) is 0 Å². The van der Waals surface area contributed by atoms with E-state index in [1.54, 1.807) is 24.3 Å². The second kappa shape index (κ2) is 5.48. The maximum atomic E-state index is 13.0. The van der Waals surface area contributed by atoms with E-state index >= 15 is 0 Å². The minimum Gasteiger partial charge on any atom is -0.399 e. The molecule has 2 rings (SSSR count). The Labute approximate surface area is 109 Å². The van der Waals surface area contributed by atoms with Gasteiger partial charge >= 0.3 is 0 Å². The highest BCUT2D eigenvalue weighted by Gasteiger charge is 2.06. The van der Waals surface area contributed by atoms with E-state index in [9.17, 15) is 13.6 Å². The van der Waals surface area contributed by atoms with Crippen LogP contribution < -0.4 is 11.1 Å². The zero-order valence-electron chi connectivity index (χ0n) is 9.99. The first-order chi connectivity index (χ1) is 9.02. The molecule has 0 bridgehead atoms. The molecule has 5 heteroatoms. The van der Waals surface area contributed by atoms with Crippen LogP contribution in [-0.2, 0) is 11.2 Å². The summed E-state index contributed by atoms with van der Waals surface area (Å²) in [6, 6.07) is 9.73. The van der Waals surface area contributed by atoms with Crippen LogP contribution in [0.1, 0.15) is 5.56 Å². The van der Waals surface area contributed by atoms with Gasteiger partial charge in [-0.2, -0.15) is 0 Å². The van der Waals surface area contributed by atoms with Gasteiger partial charge in [-0.05, 0) is 29.8 Å². The molecule has 0 saturated heterocycles. The van der Waals surface area contributed by atoms with Crippen LogP contribution in [0.25, 0.3) is 0 Å². The fourth-order valence-corrected chi connectivity index (χ4v) is 1.72. The Morgan fingerprint density at radius 3 is 2.42 bits per heavy atom. The minimum absolute atomic E-state index is 0.0865. The molecule has 0 atom stereocenters. The van der Waals surface area contributed by atoms with Crippen LogP contribution in [0.3, 0.4) is 0 Å². The van der Waals surface area contributed by atoms with Crippen LogP contribution >= 0.6 is 0 Å². The molecule has 1 amide bonds. The summed E-state index contributed by atoms with van der Waals surface area (Å²) < 4.78 is 25.9. The molecule has 0 spiro atoms. The van der Waals surface area contributed by atoms with E-state index in [1.807, 2.05) is 0 Å². The van der Waals surface area contributed by atoms with Crippen LogP contribution in [0.2, 0.25) is 0 Å². The number of anilines is 2. The number of nitrogens with two attached hydrogens (primary N) is 1. The van der Waals surface area contributed by atoms with E-state index in [-0.39, 0.29) is 18.0 Å². The molecule has 0 unspecified atom stereocenters. The SMILES string of the molecule is Nc1cccc(CC(=O)Nc2cc(F)cc(F)c2)c1. The zero-order chi connectivity index (χ0) is 13.8. The van der Waals surface area contributed by atoms with Crippen molar-refractivity contribution in [2.45, 2.75) is 6.42 Å². The molecular formula is C14H12F2N2O. The molecule has 0 aromatic heterocycles. The first kappa shape index (κ1) is 13.0. The molecule has 0 heterocycles. The maximum absolute atomic E-state index is 13.0. The number of carbonyl (C=O) groups is 1. The lowest BCUT2D eigenvalue weighted by molar-refractivity contribution is -0.115. The second-order valence-corrected chi connectivity index (χ2v) is 4.13. The van der Waals surface area contributed by atoms with Crippen molar-refractivity contribution in [3.63, 3.8) is 0 Å². The maximum Gasteiger partial charge on any atom is 0.228 e. The number of hydrogen-bond acceptors (Lipinski definition) is 2. The molecule has 3 N–H and O–H groups in total. The Bertz CT molecular complexity index is 594. The van der Waals surface area contributed by atoms with Gasteiger partial charge in [0.1, 0.15) is 11.6 Å². The lowest BCUT2D eigenvalue weighted by atomic mass is 10.1. The largest absolute Gasteiger partial charge is 0.399 e. The highest BCUT2D eigenvalue weighted by Crippen LogP contribution is 2.14. The van der Waals surface area contributed by atoms with Crippen molar-refractivity contribution in [3.8, 4) is 0 Å². The summed E-state index contributed by atoms with van der Waals surface area (Å²) in [7, 11) is 0. The summed E-state index contributed by atoms with van der Waals surface area (Å²) >= 11 is 0. The van der Waals surface area contributed by atoms with E-state index in [0.717, 1.165) is 23.8 Å². The Kier molecular flexibility index (Phi) is 3.75. The molecule has 2 aromatic carbocycles. The van der Waals surface area contributed by atoms with Crippen molar-refractivity contribution in [2.24, 2.45) is 0 Å². The van der Waals surface area contributed by atoms with Crippen molar-refractivity contribution >= 4 is 17.3 Å². The molecular weight excluding hydrogens is 250 g/mol. The minimum atomic E-state index is -0.737. The Morgan fingerprint density at radius 2 is 1.79 bits per heavy atom. The molecule has 0 saturated carbocycles. The van der Waals surface area contributed by atoms with Crippen LogP contribution in [0, 0.1) is 11.6 Å². The summed E-state index contributed by atoms with van der Waals surface area (Å²) in [5.74, 6) is -1.84. The van der Waals surface area contributed by atoms with Gasteiger partial charge in [0.25, 0.3) is 0 Å². The second-order valence-electron chi connectivity index (χ2n) is 4.13. The molecule has 0 aliphatic heterocycles. The van der Waals surface area contributed by atoms with E-state index in [0.29, 0.717) is 5.69 Å². The van der Waals surface area contributed by atoms with Gasteiger partial charge in [-0.15, -0.1) is 0 Å². The Hall–Kier alpha value is -2.43. The van der Waals surface area contributed by atoms with Gasteiger partial charge in [0.2, 0.25) is 5.91 Å². The van der Waals surface area contributed by atoms with E-state index in [4.69, 9.17) is 5.73 Å². The van der Waals surface area contributed by atoms with Gasteiger partial charge in [-0.1, -0.05) is 12.1 Å². The van der Waals surface area contributed by atoms with Crippen molar-refractivity contribution in [1.82, 2.24) is 0 Å². The van der Waals surface area contributed by atoms with E-state index in [2.05, 4.69) is 5.32 Å². The molecule has 0 aliphatic rings. The van der Waals surface area contributed by atoms with Gasteiger partial charge in [0.05, 0.1) is 6.42 Å². The number of benzene rings is 2. The topological polar surface area (TPSA) is 55.1 Å². The van der Waals surface area contributed by atoms with Gasteiger partial charge < -0.3 is 11.1 Å². The van der Waals surface area contributed by atoms with Crippen molar-refractivity contribution in [1.29, 1.82) is 0 Å². The van der Waals surface area contributed by atoms with Crippen LogP contribution in [0.15, 0.2) is 42.5 Å². The van der Waals surface area contributed by atoms with Gasteiger partial charge in [-0.25, -0.2) is 8.78 Å². The normalized spacial score (nSPS) is 10.2. The first-order valence-electron chi connectivity index (χ1n) is 5.63. The highest BCUT2D eigenvalue weighted by atomic mass is 19.1. The fraction of sp³-hybridized carbons (Fsp3) is 0.0714.